The Bertz CT molecular complexity index is 416. The smallest absolute Gasteiger partial charge is 0.323 e. The molecular formula is C12H13NO3. The van der Waals surface area contributed by atoms with Crippen LogP contribution in [-0.2, 0) is 15.0 Å². The second-order valence-corrected chi connectivity index (χ2v) is 3.94. The predicted octanol–water partition coefficient (Wildman–Crippen LogP) is 0.919. The third-order valence-corrected chi connectivity index (χ3v) is 3.03. The summed E-state index contributed by atoms with van der Waals surface area (Å²) < 4.78 is 0. The maximum absolute atomic E-state index is 11.9. The first-order chi connectivity index (χ1) is 7.68. The molecule has 0 spiro atoms. The summed E-state index contributed by atoms with van der Waals surface area (Å²) in [5, 5.41) is 12.0. The molecule has 1 aliphatic heterocycles. The van der Waals surface area contributed by atoms with Crippen molar-refractivity contribution in [2.24, 2.45) is 0 Å². The zero-order valence-corrected chi connectivity index (χ0v) is 8.77. The van der Waals surface area contributed by atoms with Gasteiger partial charge in [-0.05, 0) is 18.4 Å². The van der Waals surface area contributed by atoms with E-state index in [1.54, 1.807) is 30.3 Å². The molecule has 1 atom stereocenters. The molecule has 1 heterocycles. The first-order valence-corrected chi connectivity index (χ1v) is 5.25. The third kappa shape index (κ3) is 1.46. The van der Waals surface area contributed by atoms with E-state index in [1.807, 2.05) is 0 Å². The maximum atomic E-state index is 11.9. The molecule has 1 aliphatic rings. The highest BCUT2D eigenvalue weighted by Crippen LogP contribution is 2.32. The van der Waals surface area contributed by atoms with Gasteiger partial charge in [-0.3, -0.25) is 9.59 Å². The molecule has 0 aliphatic carbocycles. The van der Waals surface area contributed by atoms with E-state index >= 15 is 0 Å². The topological polar surface area (TPSA) is 66.4 Å². The van der Waals surface area contributed by atoms with E-state index in [1.165, 1.54) is 0 Å². The number of carboxylic acid groups (broad SMARTS) is 1. The van der Waals surface area contributed by atoms with Crippen LogP contribution in [0.15, 0.2) is 30.3 Å². The summed E-state index contributed by atoms with van der Waals surface area (Å²) in [5.74, 6) is -1.48. The number of carbonyl (C=O) groups excluding carboxylic acids is 1. The van der Waals surface area contributed by atoms with Gasteiger partial charge < -0.3 is 10.4 Å². The summed E-state index contributed by atoms with van der Waals surface area (Å²) in [6.45, 7) is 0.556. The van der Waals surface area contributed by atoms with Crippen LogP contribution in [-0.4, -0.2) is 23.5 Å². The fourth-order valence-corrected chi connectivity index (χ4v) is 2.15. The molecule has 84 valence electrons. The molecule has 1 amide bonds. The minimum Gasteiger partial charge on any atom is -0.480 e. The first-order valence-electron chi connectivity index (χ1n) is 5.25. The van der Waals surface area contributed by atoms with E-state index in [0.29, 0.717) is 24.9 Å². The maximum Gasteiger partial charge on any atom is 0.323 e. The lowest BCUT2D eigenvalue weighted by Gasteiger charge is -2.32. The minimum atomic E-state index is -1.40. The van der Waals surface area contributed by atoms with Crippen molar-refractivity contribution in [1.82, 2.24) is 5.32 Å². The van der Waals surface area contributed by atoms with Crippen molar-refractivity contribution in [3.05, 3.63) is 35.9 Å². The van der Waals surface area contributed by atoms with Crippen molar-refractivity contribution in [3.63, 3.8) is 0 Å². The van der Waals surface area contributed by atoms with Crippen molar-refractivity contribution < 1.29 is 14.7 Å². The van der Waals surface area contributed by atoms with Crippen LogP contribution in [0.25, 0.3) is 0 Å². The van der Waals surface area contributed by atoms with Gasteiger partial charge >= 0.3 is 5.97 Å². The number of hydrogen-bond acceptors (Lipinski definition) is 2. The Morgan fingerprint density at radius 3 is 2.56 bits per heavy atom. The van der Waals surface area contributed by atoms with Gasteiger partial charge in [0.05, 0.1) is 0 Å². The van der Waals surface area contributed by atoms with Gasteiger partial charge in [-0.25, -0.2) is 0 Å². The monoisotopic (exact) mass is 219 g/mol. The Hall–Kier alpha value is -1.84. The van der Waals surface area contributed by atoms with E-state index in [4.69, 9.17) is 0 Å². The zero-order valence-electron chi connectivity index (χ0n) is 8.77. The minimum absolute atomic E-state index is 0.359. The number of rotatable bonds is 2. The summed E-state index contributed by atoms with van der Waals surface area (Å²) in [4.78, 5) is 23.3. The third-order valence-electron chi connectivity index (χ3n) is 3.03. The van der Waals surface area contributed by atoms with Gasteiger partial charge in [0.15, 0.2) is 5.41 Å². The SMILES string of the molecule is O=C(O)C1(c2ccccc2)CCCNC1=O. The van der Waals surface area contributed by atoms with Gasteiger partial charge in [0.25, 0.3) is 0 Å². The fourth-order valence-electron chi connectivity index (χ4n) is 2.15. The van der Waals surface area contributed by atoms with Crippen LogP contribution in [0, 0.1) is 0 Å². The van der Waals surface area contributed by atoms with Gasteiger partial charge in [0.2, 0.25) is 5.91 Å². The van der Waals surface area contributed by atoms with E-state index in [9.17, 15) is 14.7 Å². The average molecular weight is 219 g/mol. The Morgan fingerprint density at radius 2 is 2.00 bits per heavy atom. The Kier molecular flexibility index (Phi) is 2.64. The highest BCUT2D eigenvalue weighted by atomic mass is 16.4. The van der Waals surface area contributed by atoms with Crippen LogP contribution in [0.5, 0.6) is 0 Å². The van der Waals surface area contributed by atoms with Crippen LogP contribution in [0.2, 0.25) is 0 Å². The molecule has 0 saturated carbocycles. The van der Waals surface area contributed by atoms with Gasteiger partial charge in [0, 0.05) is 6.54 Å². The van der Waals surface area contributed by atoms with Gasteiger partial charge in [-0.1, -0.05) is 30.3 Å². The quantitative estimate of drug-likeness (QED) is 0.727. The van der Waals surface area contributed by atoms with E-state index in [-0.39, 0.29) is 0 Å². The molecule has 2 N–H and O–H groups in total. The summed E-state index contributed by atoms with van der Waals surface area (Å²) in [7, 11) is 0. The van der Waals surface area contributed by atoms with Crippen LogP contribution in [0.1, 0.15) is 18.4 Å². The summed E-state index contributed by atoms with van der Waals surface area (Å²) in [5.41, 5.74) is -0.848. The molecule has 1 aromatic carbocycles. The molecule has 1 aromatic rings. The van der Waals surface area contributed by atoms with Crippen LogP contribution in [0.4, 0.5) is 0 Å². The average Bonchev–Trinajstić information content (AvgIpc) is 2.30. The number of benzene rings is 1. The van der Waals surface area contributed by atoms with Crippen LogP contribution >= 0.6 is 0 Å². The second kappa shape index (κ2) is 3.96. The molecule has 2 rings (SSSR count). The van der Waals surface area contributed by atoms with Crippen molar-refractivity contribution in [1.29, 1.82) is 0 Å². The fraction of sp³-hybridized carbons (Fsp3) is 0.333. The Balaban J connectivity index is 2.51. The highest BCUT2D eigenvalue weighted by molar-refractivity contribution is 6.08. The normalized spacial score (nSPS) is 24.9. The molecular weight excluding hydrogens is 206 g/mol. The molecule has 4 heteroatoms. The van der Waals surface area contributed by atoms with Gasteiger partial charge in [-0.2, -0.15) is 0 Å². The van der Waals surface area contributed by atoms with Crippen LogP contribution in [0.3, 0.4) is 0 Å². The zero-order chi connectivity index (χ0) is 11.6. The lowest BCUT2D eigenvalue weighted by atomic mass is 9.74. The van der Waals surface area contributed by atoms with E-state index in [2.05, 4.69) is 5.32 Å². The lowest BCUT2D eigenvalue weighted by Crippen LogP contribution is -2.53. The first kappa shape index (κ1) is 10.7. The van der Waals surface area contributed by atoms with Gasteiger partial charge in [-0.15, -0.1) is 0 Å². The second-order valence-electron chi connectivity index (χ2n) is 3.94. The number of nitrogens with one attached hydrogen (secondary N) is 1. The Labute approximate surface area is 93.3 Å². The molecule has 1 saturated heterocycles. The van der Waals surface area contributed by atoms with Gasteiger partial charge in [0.1, 0.15) is 0 Å². The molecule has 1 fully saturated rings. The standard InChI is InChI=1S/C12H13NO3/c14-10-12(11(15)16,7-4-8-13-10)9-5-2-1-3-6-9/h1-3,5-6H,4,7-8H2,(H,13,14)(H,15,16). The Morgan fingerprint density at radius 1 is 1.31 bits per heavy atom. The molecule has 0 aromatic heterocycles. The number of carbonyl (C=O) groups is 2. The van der Waals surface area contributed by atoms with E-state index in [0.717, 1.165) is 0 Å². The molecule has 0 radical (unpaired) electrons. The van der Waals surface area contributed by atoms with Crippen molar-refractivity contribution in [2.45, 2.75) is 18.3 Å². The molecule has 0 bridgehead atoms. The molecule has 1 unspecified atom stereocenters. The number of piperidine rings is 1. The van der Waals surface area contributed by atoms with E-state index < -0.39 is 17.3 Å². The lowest BCUT2D eigenvalue weighted by molar-refractivity contribution is -0.151. The van der Waals surface area contributed by atoms with Crippen molar-refractivity contribution in [2.75, 3.05) is 6.54 Å². The molecule has 4 nitrogen and oxygen atoms in total. The predicted molar refractivity (Wildman–Crippen MR) is 58.0 cm³/mol. The number of amides is 1. The highest BCUT2D eigenvalue weighted by Gasteiger charge is 2.48. The number of carboxylic acids is 1. The molecule has 16 heavy (non-hydrogen) atoms. The summed E-state index contributed by atoms with van der Waals surface area (Å²) in [6.07, 6.45) is 1.05. The number of aliphatic carboxylic acids is 1. The largest absolute Gasteiger partial charge is 0.480 e. The number of hydrogen-bond donors (Lipinski definition) is 2. The summed E-state index contributed by atoms with van der Waals surface area (Å²) in [6, 6.07) is 8.70. The van der Waals surface area contributed by atoms with Crippen LogP contribution < -0.4 is 5.32 Å². The summed E-state index contributed by atoms with van der Waals surface area (Å²) >= 11 is 0. The van der Waals surface area contributed by atoms with Crippen molar-refractivity contribution >= 4 is 11.9 Å². The van der Waals surface area contributed by atoms with Crippen molar-refractivity contribution in [3.8, 4) is 0 Å².